The number of thiazole rings is 1. The minimum atomic E-state index is -0.0444. The summed E-state index contributed by atoms with van der Waals surface area (Å²) in [6.07, 6.45) is 6.72. The number of nitrogens with zero attached hydrogens (tertiary/aromatic N) is 2. The minimum absolute atomic E-state index is 0.0242. The zero-order chi connectivity index (χ0) is 19.5. The van der Waals surface area contributed by atoms with E-state index in [0.29, 0.717) is 37.5 Å². The highest BCUT2D eigenvalue weighted by molar-refractivity contribution is 7.13. The van der Waals surface area contributed by atoms with Gasteiger partial charge in [0.15, 0.2) is 5.13 Å². The smallest absolute Gasteiger partial charge is 0.229 e. The summed E-state index contributed by atoms with van der Waals surface area (Å²) in [5.41, 5.74) is 4.90. The molecule has 1 aromatic heterocycles. The highest BCUT2D eigenvalue weighted by atomic mass is 32.1. The number of hydrogen-bond donors (Lipinski definition) is 1. The van der Waals surface area contributed by atoms with Gasteiger partial charge in [-0.1, -0.05) is 18.2 Å². The van der Waals surface area contributed by atoms with Crippen molar-refractivity contribution in [2.75, 3.05) is 18.4 Å². The van der Waals surface area contributed by atoms with Crippen LogP contribution in [-0.4, -0.2) is 34.8 Å². The maximum atomic E-state index is 12.7. The van der Waals surface area contributed by atoms with Crippen molar-refractivity contribution in [2.24, 2.45) is 5.92 Å². The van der Waals surface area contributed by atoms with Gasteiger partial charge in [0, 0.05) is 24.4 Å². The Kier molecular flexibility index (Phi) is 5.76. The molecule has 0 radical (unpaired) electrons. The lowest BCUT2D eigenvalue weighted by Gasteiger charge is -2.31. The van der Waals surface area contributed by atoms with Crippen molar-refractivity contribution in [3.63, 3.8) is 0 Å². The molecule has 0 spiro atoms. The summed E-state index contributed by atoms with van der Waals surface area (Å²) in [4.78, 5) is 31.4. The van der Waals surface area contributed by atoms with Gasteiger partial charge in [0.05, 0.1) is 12.1 Å². The Morgan fingerprint density at radius 3 is 2.64 bits per heavy atom. The molecular weight excluding hydrogens is 370 g/mol. The SMILES string of the molecule is Cc1csc(NC(=O)C2CCN(C(=O)Cc3ccc4c(c3)CCCC4)CC2)n1. The molecule has 5 nitrogen and oxygen atoms in total. The second kappa shape index (κ2) is 8.43. The molecule has 2 heterocycles. The van der Waals surface area contributed by atoms with Gasteiger partial charge in [0.2, 0.25) is 11.8 Å². The third-order valence-corrected chi connectivity index (χ3v) is 6.71. The summed E-state index contributed by atoms with van der Waals surface area (Å²) in [5.74, 6) is 0.151. The standard InChI is InChI=1S/C22H27N3O2S/c1-15-14-28-22(23-15)24-21(27)18-8-10-25(11-9-18)20(26)13-16-6-7-17-4-2-3-5-19(17)12-16/h6-7,12,14,18H,2-5,8-11,13H2,1H3,(H,23,24,27). The summed E-state index contributed by atoms with van der Waals surface area (Å²) in [7, 11) is 0. The van der Waals surface area contributed by atoms with Gasteiger partial charge in [0.1, 0.15) is 0 Å². The molecule has 1 aromatic carbocycles. The maximum Gasteiger partial charge on any atom is 0.229 e. The molecule has 28 heavy (non-hydrogen) atoms. The Bertz CT molecular complexity index is 868. The van der Waals surface area contributed by atoms with E-state index in [1.165, 1.54) is 41.7 Å². The molecule has 1 saturated heterocycles. The zero-order valence-electron chi connectivity index (χ0n) is 16.4. The van der Waals surface area contributed by atoms with Gasteiger partial charge in [-0.15, -0.1) is 11.3 Å². The number of rotatable bonds is 4. The van der Waals surface area contributed by atoms with Crippen LogP contribution in [0, 0.1) is 12.8 Å². The summed E-state index contributed by atoms with van der Waals surface area (Å²) in [6, 6.07) is 6.54. The van der Waals surface area contributed by atoms with Gasteiger partial charge >= 0.3 is 0 Å². The quantitative estimate of drug-likeness (QED) is 0.855. The predicted molar refractivity (Wildman–Crippen MR) is 112 cm³/mol. The molecule has 6 heteroatoms. The number of fused-ring (bicyclic) bond motifs is 1. The normalized spacial score (nSPS) is 17.2. The first-order chi connectivity index (χ1) is 13.6. The van der Waals surface area contributed by atoms with Crippen molar-refractivity contribution in [2.45, 2.75) is 51.9 Å². The number of aryl methyl sites for hydroxylation is 3. The number of nitrogens with one attached hydrogen (secondary N) is 1. The van der Waals surface area contributed by atoms with Crippen molar-refractivity contribution in [3.8, 4) is 0 Å². The number of anilines is 1. The van der Waals surface area contributed by atoms with Crippen LogP contribution in [0.2, 0.25) is 0 Å². The number of benzene rings is 1. The van der Waals surface area contributed by atoms with E-state index in [-0.39, 0.29) is 17.7 Å². The van der Waals surface area contributed by atoms with E-state index in [4.69, 9.17) is 0 Å². The largest absolute Gasteiger partial charge is 0.342 e. The predicted octanol–water partition coefficient (Wildman–Crippen LogP) is 3.75. The molecule has 0 atom stereocenters. The number of carbonyl (C=O) groups is 2. The Morgan fingerprint density at radius 2 is 1.93 bits per heavy atom. The highest BCUT2D eigenvalue weighted by Gasteiger charge is 2.28. The molecule has 1 N–H and O–H groups in total. The fraction of sp³-hybridized carbons (Fsp3) is 0.500. The summed E-state index contributed by atoms with van der Waals surface area (Å²) >= 11 is 1.45. The third-order valence-electron chi connectivity index (χ3n) is 5.84. The van der Waals surface area contributed by atoms with Crippen LogP contribution in [0.3, 0.4) is 0 Å². The maximum absolute atomic E-state index is 12.7. The third kappa shape index (κ3) is 4.43. The molecule has 1 aliphatic carbocycles. The highest BCUT2D eigenvalue weighted by Crippen LogP contribution is 2.24. The Hall–Kier alpha value is -2.21. The van der Waals surface area contributed by atoms with E-state index >= 15 is 0 Å². The van der Waals surface area contributed by atoms with Crippen molar-refractivity contribution in [3.05, 3.63) is 46.0 Å². The van der Waals surface area contributed by atoms with Crippen LogP contribution < -0.4 is 5.32 Å². The monoisotopic (exact) mass is 397 g/mol. The van der Waals surface area contributed by atoms with Crippen molar-refractivity contribution in [1.82, 2.24) is 9.88 Å². The topological polar surface area (TPSA) is 62.3 Å². The van der Waals surface area contributed by atoms with Crippen molar-refractivity contribution >= 4 is 28.3 Å². The molecule has 0 bridgehead atoms. The summed E-state index contributed by atoms with van der Waals surface area (Å²) in [5, 5.41) is 5.50. The van der Waals surface area contributed by atoms with Gasteiger partial charge in [-0.25, -0.2) is 4.98 Å². The molecule has 1 aliphatic heterocycles. The molecule has 2 aromatic rings. The van der Waals surface area contributed by atoms with Crippen LogP contribution in [0.5, 0.6) is 0 Å². The van der Waals surface area contributed by atoms with E-state index in [9.17, 15) is 9.59 Å². The lowest BCUT2D eigenvalue weighted by Crippen LogP contribution is -2.42. The van der Waals surface area contributed by atoms with Crippen LogP contribution in [0.15, 0.2) is 23.6 Å². The van der Waals surface area contributed by atoms with Crippen LogP contribution in [0.4, 0.5) is 5.13 Å². The number of likely N-dealkylation sites (tertiary alicyclic amines) is 1. The van der Waals surface area contributed by atoms with Gasteiger partial charge in [-0.3, -0.25) is 9.59 Å². The molecule has 148 valence electrons. The average Bonchev–Trinajstić information content (AvgIpc) is 3.12. The van der Waals surface area contributed by atoms with E-state index in [2.05, 4.69) is 28.5 Å². The summed E-state index contributed by atoms with van der Waals surface area (Å²) in [6.45, 7) is 3.22. The molecule has 1 fully saturated rings. The minimum Gasteiger partial charge on any atom is -0.342 e. The van der Waals surface area contributed by atoms with Crippen LogP contribution in [0.25, 0.3) is 0 Å². The zero-order valence-corrected chi connectivity index (χ0v) is 17.2. The first-order valence-corrected chi connectivity index (χ1v) is 11.1. The molecule has 2 aliphatic rings. The summed E-state index contributed by atoms with van der Waals surface area (Å²) < 4.78 is 0. The molecule has 0 unspecified atom stereocenters. The van der Waals surface area contributed by atoms with E-state index < -0.39 is 0 Å². The van der Waals surface area contributed by atoms with Crippen molar-refractivity contribution in [1.29, 1.82) is 0 Å². The van der Waals surface area contributed by atoms with Gasteiger partial charge in [-0.05, 0) is 62.1 Å². The Labute approximate surface area is 170 Å². The molecule has 2 amide bonds. The first kappa shape index (κ1) is 19.1. The second-order valence-electron chi connectivity index (χ2n) is 7.93. The first-order valence-electron chi connectivity index (χ1n) is 10.2. The Morgan fingerprint density at radius 1 is 1.18 bits per heavy atom. The van der Waals surface area contributed by atoms with Gasteiger partial charge in [-0.2, -0.15) is 0 Å². The second-order valence-corrected chi connectivity index (χ2v) is 8.78. The average molecular weight is 398 g/mol. The number of carbonyl (C=O) groups excluding carboxylic acids is 2. The Balaban J connectivity index is 1.28. The number of amides is 2. The van der Waals surface area contributed by atoms with E-state index in [1.807, 2.05) is 17.2 Å². The van der Waals surface area contributed by atoms with E-state index in [0.717, 1.165) is 17.7 Å². The van der Waals surface area contributed by atoms with Gasteiger partial charge in [0.25, 0.3) is 0 Å². The van der Waals surface area contributed by atoms with Crippen LogP contribution >= 0.6 is 11.3 Å². The van der Waals surface area contributed by atoms with Crippen molar-refractivity contribution < 1.29 is 9.59 Å². The van der Waals surface area contributed by atoms with E-state index in [1.54, 1.807) is 0 Å². The van der Waals surface area contributed by atoms with Crippen LogP contribution in [0.1, 0.15) is 48.1 Å². The lowest BCUT2D eigenvalue weighted by atomic mass is 9.89. The molecular formula is C22H27N3O2S. The number of hydrogen-bond acceptors (Lipinski definition) is 4. The molecule has 4 rings (SSSR count). The fourth-order valence-corrected chi connectivity index (χ4v) is 4.88. The fourth-order valence-electron chi connectivity index (χ4n) is 4.19. The number of aromatic nitrogens is 1. The number of piperidine rings is 1. The lowest BCUT2D eigenvalue weighted by molar-refractivity contribution is -0.133. The molecule has 0 saturated carbocycles. The van der Waals surface area contributed by atoms with Gasteiger partial charge < -0.3 is 10.2 Å². The van der Waals surface area contributed by atoms with Crippen LogP contribution in [-0.2, 0) is 28.9 Å².